The minimum absolute atomic E-state index is 0.230. The first-order valence-electron chi connectivity index (χ1n) is 8.38. The van der Waals surface area contributed by atoms with Crippen molar-refractivity contribution in [1.29, 1.82) is 0 Å². The zero-order valence-electron chi connectivity index (χ0n) is 14.4. The molecule has 0 aromatic rings. The molecule has 1 saturated carbocycles. The second-order valence-corrected chi connectivity index (χ2v) is 8.79. The molecule has 3 heteroatoms. The molecule has 0 aromatic heterocycles. The summed E-state index contributed by atoms with van der Waals surface area (Å²) in [6, 6.07) is 0. The fourth-order valence-corrected chi connectivity index (χ4v) is 4.26. The van der Waals surface area contributed by atoms with E-state index in [1.165, 1.54) is 6.42 Å². The van der Waals surface area contributed by atoms with E-state index in [4.69, 9.17) is 9.47 Å². The zero-order valence-corrected chi connectivity index (χ0v) is 14.4. The lowest BCUT2D eigenvalue weighted by molar-refractivity contribution is -0.145. The Hall–Kier alpha value is -1.25. The van der Waals surface area contributed by atoms with E-state index in [2.05, 4.69) is 52.8 Å². The molecule has 0 N–H and O–H groups in total. The van der Waals surface area contributed by atoms with Gasteiger partial charge in [0, 0.05) is 11.8 Å². The van der Waals surface area contributed by atoms with E-state index in [1.54, 1.807) is 0 Å². The van der Waals surface area contributed by atoms with Crippen molar-refractivity contribution in [2.75, 3.05) is 6.61 Å². The molecular weight excluding hydrogens is 276 g/mol. The summed E-state index contributed by atoms with van der Waals surface area (Å²) in [6.07, 6.45) is 9.06. The summed E-state index contributed by atoms with van der Waals surface area (Å²) in [4.78, 5) is 11.5. The summed E-state index contributed by atoms with van der Waals surface area (Å²) < 4.78 is 10.7. The van der Waals surface area contributed by atoms with Crippen molar-refractivity contribution in [3.63, 3.8) is 0 Å². The number of rotatable bonds is 3. The predicted octanol–water partition coefficient (Wildman–Crippen LogP) is 4.24. The van der Waals surface area contributed by atoms with Gasteiger partial charge in [0.15, 0.2) is 6.10 Å². The van der Waals surface area contributed by atoms with Crippen molar-refractivity contribution >= 4 is 5.97 Å². The molecule has 0 radical (unpaired) electrons. The molecule has 0 amide bonds. The Labute approximate surface area is 133 Å². The largest absolute Gasteiger partial charge is 0.479 e. The molecule has 22 heavy (non-hydrogen) atoms. The molecule has 1 saturated heterocycles. The molecule has 3 atom stereocenters. The number of ether oxygens (including phenoxy) is 2. The smallest absolute Gasteiger partial charge is 0.347 e. The van der Waals surface area contributed by atoms with Crippen LogP contribution in [0.25, 0.3) is 0 Å². The summed E-state index contributed by atoms with van der Waals surface area (Å²) in [5.41, 5.74) is 0.960. The van der Waals surface area contributed by atoms with E-state index >= 15 is 0 Å². The van der Waals surface area contributed by atoms with Crippen LogP contribution in [0.1, 0.15) is 53.9 Å². The molecule has 1 spiro atoms. The summed E-state index contributed by atoms with van der Waals surface area (Å²) >= 11 is 0. The highest BCUT2D eigenvalue weighted by molar-refractivity contribution is 5.76. The average Bonchev–Trinajstić information content (AvgIpc) is 2.73. The molecule has 0 aromatic carbocycles. The lowest BCUT2D eigenvalue weighted by atomic mass is 9.84. The number of allylic oxidation sites excluding steroid dienone is 3. The van der Waals surface area contributed by atoms with Crippen LogP contribution in [0.4, 0.5) is 0 Å². The van der Waals surface area contributed by atoms with Gasteiger partial charge in [-0.15, -0.1) is 0 Å². The van der Waals surface area contributed by atoms with Crippen molar-refractivity contribution in [3.8, 4) is 0 Å². The van der Waals surface area contributed by atoms with Gasteiger partial charge < -0.3 is 9.47 Å². The van der Waals surface area contributed by atoms with Crippen LogP contribution >= 0.6 is 0 Å². The highest BCUT2D eigenvalue weighted by Crippen LogP contribution is 2.75. The van der Waals surface area contributed by atoms with Gasteiger partial charge in [-0.25, -0.2) is 4.79 Å². The van der Waals surface area contributed by atoms with Crippen LogP contribution in [-0.2, 0) is 14.3 Å². The van der Waals surface area contributed by atoms with E-state index in [0.29, 0.717) is 29.8 Å². The Kier molecular flexibility index (Phi) is 3.46. The van der Waals surface area contributed by atoms with Gasteiger partial charge in [0.05, 0.1) is 6.61 Å². The topological polar surface area (TPSA) is 35.5 Å². The van der Waals surface area contributed by atoms with E-state index < -0.39 is 6.10 Å². The van der Waals surface area contributed by atoms with E-state index in [0.717, 1.165) is 12.2 Å². The van der Waals surface area contributed by atoms with Crippen LogP contribution in [0.5, 0.6) is 0 Å². The van der Waals surface area contributed by atoms with Gasteiger partial charge in [-0.3, -0.25) is 0 Å². The number of carbonyl (C=O) groups excluding carboxylic acids is 1. The maximum absolute atomic E-state index is 11.5. The third-order valence-electron chi connectivity index (χ3n) is 5.78. The van der Waals surface area contributed by atoms with Crippen molar-refractivity contribution < 1.29 is 14.3 Å². The molecule has 2 fully saturated rings. The lowest BCUT2D eigenvalue weighted by Crippen LogP contribution is -2.19. The molecule has 3 rings (SSSR count). The number of hydrogen-bond donors (Lipinski definition) is 0. The number of cyclic esters (lactones) is 1. The van der Waals surface area contributed by atoms with Crippen molar-refractivity contribution in [2.45, 2.75) is 60.0 Å². The Morgan fingerprint density at radius 2 is 2.09 bits per heavy atom. The van der Waals surface area contributed by atoms with Crippen molar-refractivity contribution in [1.82, 2.24) is 0 Å². The summed E-state index contributed by atoms with van der Waals surface area (Å²) in [6.45, 7) is 12.2. The first kappa shape index (κ1) is 15.6. The van der Waals surface area contributed by atoms with Crippen LogP contribution in [-0.4, -0.2) is 18.7 Å². The molecule has 1 heterocycles. The highest BCUT2D eigenvalue weighted by atomic mass is 16.6. The standard InChI is InChI=1S/C19H28O3/c1-17(2,3)12-15-18(4,5)19(15)9-6-13(7-10-19)22-14-8-11-21-16(14)20/h6-7,9,14-15H,8,10-12H2,1-5H3. The molecule has 1 aliphatic heterocycles. The molecule has 122 valence electrons. The van der Waals surface area contributed by atoms with Crippen LogP contribution in [0.3, 0.4) is 0 Å². The maximum Gasteiger partial charge on any atom is 0.347 e. The van der Waals surface area contributed by atoms with E-state index in [-0.39, 0.29) is 11.4 Å². The molecule has 3 aliphatic rings. The summed E-state index contributed by atoms with van der Waals surface area (Å²) in [5.74, 6) is 1.31. The van der Waals surface area contributed by atoms with E-state index in [9.17, 15) is 4.79 Å². The third-order valence-corrected chi connectivity index (χ3v) is 5.78. The van der Waals surface area contributed by atoms with Gasteiger partial charge in [-0.1, -0.05) is 40.7 Å². The molecule has 3 nitrogen and oxygen atoms in total. The minimum Gasteiger partial charge on any atom is -0.479 e. The Balaban J connectivity index is 1.66. The van der Waals surface area contributed by atoms with Gasteiger partial charge in [-0.05, 0) is 41.7 Å². The molecule has 3 unspecified atom stereocenters. The monoisotopic (exact) mass is 304 g/mol. The minimum atomic E-state index is -0.414. The van der Waals surface area contributed by atoms with Gasteiger partial charge in [0.2, 0.25) is 0 Å². The van der Waals surface area contributed by atoms with Crippen LogP contribution in [0.2, 0.25) is 0 Å². The average molecular weight is 304 g/mol. The van der Waals surface area contributed by atoms with Crippen LogP contribution in [0, 0.1) is 22.2 Å². The van der Waals surface area contributed by atoms with Crippen molar-refractivity contribution in [3.05, 3.63) is 24.0 Å². The number of esters is 1. The number of carbonyl (C=O) groups is 1. The predicted molar refractivity (Wildman–Crippen MR) is 86.1 cm³/mol. The quantitative estimate of drug-likeness (QED) is 0.732. The van der Waals surface area contributed by atoms with Gasteiger partial charge in [0.1, 0.15) is 5.76 Å². The highest BCUT2D eigenvalue weighted by Gasteiger charge is 2.68. The molecular formula is C19H28O3. The Morgan fingerprint density at radius 1 is 1.36 bits per heavy atom. The van der Waals surface area contributed by atoms with Gasteiger partial charge in [0.25, 0.3) is 0 Å². The molecule has 0 bridgehead atoms. The molecule has 2 aliphatic carbocycles. The number of hydrogen-bond acceptors (Lipinski definition) is 3. The van der Waals surface area contributed by atoms with Crippen molar-refractivity contribution in [2.24, 2.45) is 22.2 Å². The Morgan fingerprint density at radius 3 is 2.59 bits per heavy atom. The maximum atomic E-state index is 11.5. The SMILES string of the molecule is CC(C)(C)CC1C(C)(C)C12C=CC(OC1CCOC1=O)=CC2. The fraction of sp³-hybridized carbons (Fsp3) is 0.737. The zero-order chi connectivity index (χ0) is 16.2. The second kappa shape index (κ2) is 4.87. The lowest BCUT2D eigenvalue weighted by Gasteiger charge is -2.22. The summed E-state index contributed by atoms with van der Waals surface area (Å²) in [7, 11) is 0. The van der Waals surface area contributed by atoms with Gasteiger partial charge >= 0.3 is 5.97 Å². The normalized spacial score (nSPS) is 36.2. The first-order valence-corrected chi connectivity index (χ1v) is 8.38. The van der Waals surface area contributed by atoms with Crippen LogP contribution < -0.4 is 0 Å². The summed E-state index contributed by atoms with van der Waals surface area (Å²) in [5, 5.41) is 0. The fourth-order valence-electron chi connectivity index (χ4n) is 4.26. The van der Waals surface area contributed by atoms with Gasteiger partial charge in [-0.2, -0.15) is 0 Å². The second-order valence-electron chi connectivity index (χ2n) is 8.79. The third kappa shape index (κ3) is 2.49. The first-order chi connectivity index (χ1) is 10.2. The van der Waals surface area contributed by atoms with E-state index in [1.807, 2.05) is 0 Å². The van der Waals surface area contributed by atoms with Crippen LogP contribution in [0.15, 0.2) is 24.0 Å². The Bertz CT molecular complexity index is 535.